The number of hydrogen-bond acceptors (Lipinski definition) is 5. The first-order chi connectivity index (χ1) is 11.4. The lowest BCUT2D eigenvalue weighted by Gasteiger charge is -2.29. The van der Waals surface area contributed by atoms with E-state index >= 15 is 0 Å². The van der Waals surface area contributed by atoms with Crippen LogP contribution in [0.3, 0.4) is 0 Å². The van der Waals surface area contributed by atoms with E-state index in [4.69, 9.17) is 11.6 Å². The number of aryl methyl sites for hydroxylation is 1. The number of hydrogen-bond donors (Lipinski definition) is 0. The number of aromatic nitrogens is 2. The fourth-order valence-electron chi connectivity index (χ4n) is 2.60. The molecule has 0 unspecified atom stereocenters. The van der Waals surface area contributed by atoms with Crippen LogP contribution < -0.4 is 4.90 Å². The Morgan fingerprint density at radius 1 is 1.38 bits per heavy atom. The molecule has 3 rings (SSSR count). The van der Waals surface area contributed by atoms with Crippen molar-refractivity contribution in [2.24, 2.45) is 4.99 Å². The molecule has 0 saturated heterocycles. The standard InChI is InChI=1S/C17H14ClFN4O/c1-9(2)14-15(10(3)4-5-20-14)23-13(8-24)21-7-11-6-12(19)16(18)22-17(11)23/h4-7,9H,1-3H3. The van der Waals surface area contributed by atoms with Crippen molar-refractivity contribution >= 4 is 35.3 Å². The summed E-state index contributed by atoms with van der Waals surface area (Å²) in [6, 6.07) is 3.07. The fourth-order valence-corrected chi connectivity index (χ4v) is 2.74. The molecule has 0 spiro atoms. The molecule has 0 aliphatic carbocycles. The van der Waals surface area contributed by atoms with E-state index in [2.05, 4.69) is 15.0 Å². The number of nitrogens with zero attached hydrogens (tertiary/aromatic N) is 4. The van der Waals surface area contributed by atoms with Crippen LogP contribution in [-0.4, -0.2) is 22.1 Å². The maximum Gasteiger partial charge on any atom is 0.225 e. The van der Waals surface area contributed by atoms with E-state index < -0.39 is 5.82 Å². The van der Waals surface area contributed by atoms with Crippen molar-refractivity contribution in [2.75, 3.05) is 4.90 Å². The number of carbonyl (C=O) groups excluding carboxylic acids is 1. The Hall–Kier alpha value is -2.56. The van der Waals surface area contributed by atoms with Crippen LogP contribution in [0.15, 0.2) is 29.1 Å². The van der Waals surface area contributed by atoms with Crippen molar-refractivity contribution in [1.29, 1.82) is 0 Å². The SMILES string of the molecule is Cc1ccnc(C(C)C)c1N1C(=C=O)N=Cc2cc(F)c(Cl)nc21. The minimum atomic E-state index is -0.646. The van der Waals surface area contributed by atoms with E-state index in [1.165, 1.54) is 17.2 Å². The Morgan fingerprint density at radius 3 is 2.79 bits per heavy atom. The molecule has 0 atom stereocenters. The van der Waals surface area contributed by atoms with Crippen molar-refractivity contribution < 1.29 is 9.18 Å². The average molecular weight is 345 g/mol. The summed E-state index contributed by atoms with van der Waals surface area (Å²) in [7, 11) is 0. The smallest absolute Gasteiger partial charge is 0.225 e. The first kappa shape index (κ1) is 16.3. The van der Waals surface area contributed by atoms with Crippen LogP contribution >= 0.6 is 11.6 Å². The minimum absolute atomic E-state index is 0.0238. The molecule has 2 aromatic rings. The van der Waals surface area contributed by atoms with Gasteiger partial charge in [0.15, 0.2) is 16.9 Å². The predicted molar refractivity (Wildman–Crippen MR) is 91.2 cm³/mol. The topological polar surface area (TPSA) is 58.5 Å². The second-order valence-corrected chi connectivity index (χ2v) is 6.07. The van der Waals surface area contributed by atoms with Gasteiger partial charge in [0.1, 0.15) is 5.82 Å². The van der Waals surface area contributed by atoms with Crippen molar-refractivity contribution in [1.82, 2.24) is 9.97 Å². The second-order valence-electron chi connectivity index (χ2n) is 5.71. The van der Waals surface area contributed by atoms with Gasteiger partial charge in [-0.25, -0.2) is 19.2 Å². The lowest BCUT2D eigenvalue weighted by atomic mass is 10.0. The van der Waals surface area contributed by atoms with Gasteiger partial charge in [-0.05, 0) is 30.5 Å². The molecular formula is C17H14ClFN4O. The van der Waals surface area contributed by atoms with E-state index in [1.807, 2.05) is 32.8 Å². The third-order valence-electron chi connectivity index (χ3n) is 3.71. The molecule has 0 aromatic carbocycles. The Balaban J connectivity index is 2.34. The van der Waals surface area contributed by atoms with E-state index in [9.17, 15) is 9.18 Å². The number of rotatable bonds is 2. The highest BCUT2D eigenvalue weighted by Crippen LogP contribution is 2.39. The number of anilines is 2. The summed E-state index contributed by atoms with van der Waals surface area (Å²) in [5.74, 6) is 1.61. The summed E-state index contributed by atoms with van der Waals surface area (Å²) < 4.78 is 13.7. The molecular weight excluding hydrogens is 331 g/mol. The van der Waals surface area contributed by atoms with Gasteiger partial charge in [0, 0.05) is 18.0 Å². The van der Waals surface area contributed by atoms with E-state index in [1.54, 1.807) is 6.20 Å². The number of halogens is 2. The van der Waals surface area contributed by atoms with Gasteiger partial charge in [-0.15, -0.1) is 0 Å². The molecule has 0 amide bonds. The Morgan fingerprint density at radius 2 is 2.12 bits per heavy atom. The molecule has 3 heterocycles. The van der Waals surface area contributed by atoms with Gasteiger partial charge in [-0.3, -0.25) is 9.88 Å². The molecule has 2 aromatic heterocycles. The van der Waals surface area contributed by atoms with Gasteiger partial charge in [-0.2, -0.15) is 0 Å². The summed E-state index contributed by atoms with van der Waals surface area (Å²) in [6.07, 6.45) is 3.08. The maximum absolute atomic E-state index is 13.7. The van der Waals surface area contributed by atoms with Crippen LogP contribution in [0.4, 0.5) is 15.9 Å². The van der Waals surface area contributed by atoms with Gasteiger partial charge in [0.05, 0.1) is 11.4 Å². The van der Waals surface area contributed by atoms with Crippen LogP contribution in [0.2, 0.25) is 5.15 Å². The van der Waals surface area contributed by atoms with Crippen LogP contribution in [0, 0.1) is 12.7 Å². The molecule has 0 N–H and O–H groups in total. The fraction of sp³-hybridized carbons (Fsp3) is 0.235. The molecule has 1 aliphatic rings. The normalized spacial score (nSPS) is 13.2. The van der Waals surface area contributed by atoms with Crippen LogP contribution in [0.1, 0.15) is 36.6 Å². The summed E-state index contributed by atoms with van der Waals surface area (Å²) in [5.41, 5.74) is 2.76. The minimum Gasteiger partial charge on any atom is -0.267 e. The molecule has 1 aliphatic heterocycles. The lowest BCUT2D eigenvalue weighted by Crippen LogP contribution is -2.25. The number of fused-ring (bicyclic) bond motifs is 1. The van der Waals surface area contributed by atoms with Gasteiger partial charge >= 0.3 is 0 Å². The van der Waals surface area contributed by atoms with Crippen molar-refractivity contribution in [3.05, 3.63) is 51.9 Å². The van der Waals surface area contributed by atoms with E-state index in [-0.39, 0.29) is 16.9 Å². The predicted octanol–water partition coefficient (Wildman–Crippen LogP) is 3.94. The third kappa shape index (κ3) is 2.60. The second kappa shape index (κ2) is 6.15. The Kier molecular flexibility index (Phi) is 4.18. The molecule has 0 radical (unpaired) electrons. The molecule has 0 fully saturated rings. The average Bonchev–Trinajstić information content (AvgIpc) is 2.55. The van der Waals surface area contributed by atoms with Gasteiger partial charge in [0.25, 0.3) is 0 Å². The zero-order valence-corrected chi connectivity index (χ0v) is 14.1. The van der Waals surface area contributed by atoms with Crippen molar-refractivity contribution in [3.8, 4) is 0 Å². The quantitative estimate of drug-likeness (QED) is 0.611. The van der Waals surface area contributed by atoms with Crippen molar-refractivity contribution in [2.45, 2.75) is 26.7 Å². The largest absolute Gasteiger partial charge is 0.267 e. The Bertz CT molecular complexity index is 904. The molecule has 122 valence electrons. The zero-order chi connectivity index (χ0) is 17.4. The summed E-state index contributed by atoms with van der Waals surface area (Å²) in [4.78, 5) is 25.6. The molecule has 0 bridgehead atoms. The zero-order valence-electron chi connectivity index (χ0n) is 13.3. The molecule has 7 heteroatoms. The van der Waals surface area contributed by atoms with Crippen LogP contribution in [-0.2, 0) is 4.79 Å². The summed E-state index contributed by atoms with van der Waals surface area (Å²) >= 11 is 5.85. The highest BCUT2D eigenvalue weighted by Gasteiger charge is 2.29. The Labute approximate surface area is 143 Å². The number of aliphatic imine (C=N–C) groups is 1. The maximum atomic E-state index is 13.7. The highest BCUT2D eigenvalue weighted by atomic mass is 35.5. The first-order valence-electron chi connectivity index (χ1n) is 7.35. The molecule has 0 saturated carbocycles. The van der Waals surface area contributed by atoms with Crippen LogP contribution in [0.5, 0.6) is 0 Å². The van der Waals surface area contributed by atoms with Crippen LogP contribution in [0.25, 0.3) is 0 Å². The van der Waals surface area contributed by atoms with Gasteiger partial charge in [0.2, 0.25) is 5.82 Å². The monoisotopic (exact) mass is 344 g/mol. The molecule has 5 nitrogen and oxygen atoms in total. The van der Waals surface area contributed by atoms with E-state index in [0.29, 0.717) is 17.1 Å². The lowest BCUT2D eigenvalue weighted by molar-refractivity contribution is 0.566. The summed E-state index contributed by atoms with van der Waals surface area (Å²) in [6.45, 7) is 5.89. The van der Waals surface area contributed by atoms with Gasteiger partial charge in [-0.1, -0.05) is 25.4 Å². The first-order valence-corrected chi connectivity index (χ1v) is 7.72. The molecule has 24 heavy (non-hydrogen) atoms. The van der Waals surface area contributed by atoms with Gasteiger partial charge < -0.3 is 0 Å². The van der Waals surface area contributed by atoms with E-state index in [0.717, 1.165) is 11.3 Å². The van der Waals surface area contributed by atoms with Crippen molar-refractivity contribution in [3.63, 3.8) is 0 Å². The summed E-state index contributed by atoms with van der Waals surface area (Å²) in [5, 5.41) is -0.271. The highest BCUT2D eigenvalue weighted by molar-refractivity contribution is 6.29. The number of pyridine rings is 2. The third-order valence-corrected chi connectivity index (χ3v) is 3.97.